The fourth-order valence-electron chi connectivity index (χ4n) is 3.47. The summed E-state index contributed by atoms with van der Waals surface area (Å²) < 4.78 is 25.6. The maximum absolute atomic E-state index is 13.6. The van der Waals surface area contributed by atoms with Crippen molar-refractivity contribution >= 4 is 54.0 Å². The van der Waals surface area contributed by atoms with E-state index in [-0.39, 0.29) is 16.6 Å². The first-order chi connectivity index (χ1) is 15.2. The second kappa shape index (κ2) is 10.3. The van der Waals surface area contributed by atoms with Crippen molar-refractivity contribution in [2.45, 2.75) is 32.6 Å². The van der Waals surface area contributed by atoms with Crippen LogP contribution in [-0.2, 0) is 9.84 Å². The molecule has 1 heterocycles. The van der Waals surface area contributed by atoms with E-state index < -0.39 is 9.84 Å². The molecule has 3 aromatic rings. The van der Waals surface area contributed by atoms with Crippen LogP contribution in [-0.4, -0.2) is 56.1 Å². The van der Waals surface area contributed by atoms with Crippen LogP contribution in [0.2, 0.25) is 5.02 Å². The smallest absolute Gasteiger partial charge is 0.260 e. The van der Waals surface area contributed by atoms with Gasteiger partial charge in [0.15, 0.2) is 15.0 Å². The van der Waals surface area contributed by atoms with Crippen LogP contribution in [0.15, 0.2) is 41.3 Å². The monoisotopic (exact) mass is 493 g/mol. The number of likely N-dealkylation sites (N-methyl/N-ethyl adjacent to an activating group) is 1. The Bertz CT molecular complexity index is 1220. The topological polar surface area (TPSA) is 70.6 Å². The fraction of sp³-hybridized carbons (Fsp3) is 0.391. The van der Waals surface area contributed by atoms with Crippen molar-refractivity contribution in [1.29, 1.82) is 0 Å². The Kier molecular flexibility index (Phi) is 7.92. The summed E-state index contributed by atoms with van der Waals surface area (Å²) in [6.07, 6.45) is 0. The Labute approximate surface area is 198 Å². The number of hydrogen-bond donors (Lipinski definition) is 0. The van der Waals surface area contributed by atoms with Gasteiger partial charge in [-0.15, -0.1) is 0 Å². The van der Waals surface area contributed by atoms with Gasteiger partial charge in [0.1, 0.15) is 0 Å². The number of halogens is 1. The minimum absolute atomic E-state index is 0.0196. The lowest BCUT2D eigenvalue weighted by atomic mass is 10.2. The molecule has 6 nitrogen and oxygen atoms in total. The molecule has 0 aliphatic carbocycles. The molecule has 0 fully saturated rings. The first-order valence-electron chi connectivity index (χ1n) is 10.6. The zero-order valence-electron chi connectivity index (χ0n) is 18.8. The summed E-state index contributed by atoms with van der Waals surface area (Å²) in [5, 5.41) is 1.20. The van der Waals surface area contributed by atoms with E-state index in [0.29, 0.717) is 28.8 Å². The van der Waals surface area contributed by atoms with Crippen LogP contribution in [0.1, 0.15) is 36.7 Å². The van der Waals surface area contributed by atoms with E-state index in [2.05, 4.69) is 18.7 Å². The predicted molar refractivity (Wildman–Crippen MR) is 133 cm³/mol. The van der Waals surface area contributed by atoms with Gasteiger partial charge in [-0.3, -0.25) is 9.69 Å². The summed E-state index contributed by atoms with van der Waals surface area (Å²) in [7, 11) is -3.42. The van der Waals surface area contributed by atoms with Gasteiger partial charge in [0.2, 0.25) is 0 Å². The highest BCUT2D eigenvalue weighted by molar-refractivity contribution is 7.91. The van der Waals surface area contributed by atoms with E-state index in [4.69, 9.17) is 16.6 Å². The van der Waals surface area contributed by atoms with Crippen molar-refractivity contribution in [3.63, 3.8) is 0 Å². The van der Waals surface area contributed by atoms with Gasteiger partial charge in [-0.25, -0.2) is 13.4 Å². The van der Waals surface area contributed by atoms with Crippen LogP contribution < -0.4 is 4.90 Å². The molecule has 0 saturated carbocycles. The minimum atomic E-state index is -3.42. The van der Waals surface area contributed by atoms with Crippen LogP contribution >= 0.6 is 22.9 Å². The quantitative estimate of drug-likeness (QED) is 0.417. The fourth-order valence-corrected chi connectivity index (χ4v) is 5.84. The van der Waals surface area contributed by atoms with E-state index >= 15 is 0 Å². The molecule has 0 unspecified atom stereocenters. The lowest BCUT2D eigenvalue weighted by Crippen LogP contribution is -2.39. The number of rotatable bonds is 9. The van der Waals surface area contributed by atoms with E-state index in [1.807, 2.05) is 19.1 Å². The largest absolute Gasteiger partial charge is 0.302 e. The molecule has 3 rings (SSSR count). The molecule has 0 atom stereocenters. The summed E-state index contributed by atoms with van der Waals surface area (Å²) in [5.74, 6) is -0.290. The number of hydrogen-bond acceptors (Lipinski definition) is 6. The molecule has 0 saturated heterocycles. The highest BCUT2D eigenvalue weighted by Gasteiger charge is 2.24. The van der Waals surface area contributed by atoms with Crippen LogP contribution in [0.4, 0.5) is 5.13 Å². The normalized spacial score (nSPS) is 11.9. The number of anilines is 1. The molecule has 9 heteroatoms. The molecule has 0 N–H and O–H groups in total. The summed E-state index contributed by atoms with van der Waals surface area (Å²) in [6, 6.07) is 9.96. The number of aromatic nitrogens is 1. The average molecular weight is 494 g/mol. The molecular weight excluding hydrogens is 466 g/mol. The van der Waals surface area contributed by atoms with Gasteiger partial charge in [0.05, 0.1) is 20.9 Å². The van der Waals surface area contributed by atoms with E-state index in [0.717, 1.165) is 28.9 Å². The lowest BCUT2D eigenvalue weighted by Gasteiger charge is -2.25. The maximum Gasteiger partial charge on any atom is 0.260 e. The third kappa shape index (κ3) is 5.31. The summed E-state index contributed by atoms with van der Waals surface area (Å²) in [4.78, 5) is 22.4. The Morgan fingerprint density at radius 2 is 1.81 bits per heavy atom. The van der Waals surface area contributed by atoms with Crippen molar-refractivity contribution in [1.82, 2.24) is 9.88 Å². The Morgan fingerprint density at radius 1 is 1.09 bits per heavy atom. The summed E-state index contributed by atoms with van der Waals surface area (Å²) in [6.45, 7) is 10.6. The van der Waals surface area contributed by atoms with Crippen molar-refractivity contribution in [3.8, 4) is 0 Å². The number of fused-ring (bicyclic) bond motifs is 1. The summed E-state index contributed by atoms with van der Waals surface area (Å²) in [5.41, 5.74) is 2.09. The Morgan fingerprint density at radius 3 is 2.47 bits per heavy atom. The standard InChI is InChI=1S/C23H28ClN3O3S2/c1-5-26(6-2)11-12-27(23-25-21-16(4)13-18(24)15-20(21)31-23)22(28)17-9-8-10-19(14-17)32(29,30)7-3/h8-10,13-15H,5-7,11-12H2,1-4H3. The van der Waals surface area contributed by atoms with Crippen molar-refractivity contribution in [2.75, 3.05) is 36.8 Å². The van der Waals surface area contributed by atoms with Crippen LogP contribution in [0.5, 0.6) is 0 Å². The molecule has 1 aromatic heterocycles. The van der Waals surface area contributed by atoms with Gasteiger partial charge >= 0.3 is 0 Å². The van der Waals surface area contributed by atoms with Gasteiger partial charge in [-0.05, 0) is 55.9 Å². The first kappa shape index (κ1) is 24.6. The van der Waals surface area contributed by atoms with Gasteiger partial charge in [-0.1, -0.05) is 49.8 Å². The van der Waals surface area contributed by atoms with E-state index in [1.54, 1.807) is 24.0 Å². The molecule has 1 amide bonds. The van der Waals surface area contributed by atoms with Crippen molar-refractivity contribution in [2.24, 2.45) is 0 Å². The Hall–Kier alpha value is -2.00. The highest BCUT2D eigenvalue weighted by Crippen LogP contribution is 2.33. The zero-order chi connectivity index (χ0) is 23.5. The molecular formula is C23H28ClN3O3S2. The molecule has 0 aliphatic rings. The number of amides is 1. The number of carbonyl (C=O) groups excluding carboxylic acids is 1. The van der Waals surface area contributed by atoms with E-state index in [9.17, 15) is 13.2 Å². The number of aryl methyl sites for hydroxylation is 1. The lowest BCUT2D eigenvalue weighted by molar-refractivity contribution is 0.0983. The molecule has 0 radical (unpaired) electrons. The number of benzene rings is 2. The molecule has 0 spiro atoms. The third-order valence-electron chi connectivity index (χ3n) is 5.47. The second-order valence-electron chi connectivity index (χ2n) is 7.48. The number of nitrogens with zero attached hydrogens (tertiary/aromatic N) is 3. The molecule has 32 heavy (non-hydrogen) atoms. The van der Waals surface area contributed by atoms with Crippen LogP contribution in [0.25, 0.3) is 10.2 Å². The van der Waals surface area contributed by atoms with Gasteiger partial charge < -0.3 is 4.90 Å². The summed E-state index contributed by atoms with van der Waals surface area (Å²) >= 11 is 7.63. The maximum atomic E-state index is 13.6. The molecule has 2 aromatic carbocycles. The zero-order valence-corrected chi connectivity index (χ0v) is 21.1. The predicted octanol–water partition coefficient (Wildman–Crippen LogP) is 5.04. The van der Waals surface area contributed by atoms with Gasteiger partial charge in [0.25, 0.3) is 5.91 Å². The average Bonchev–Trinajstić information content (AvgIpc) is 3.20. The minimum Gasteiger partial charge on any atom is -0.302 e. The number of thiazole rings is 1. The molecule has 0 aliphatic heterocycles. The molecule has 172 valence electrons. The third-order valence-corrected chi connectivity index (χ3v) is 8.45. The van der Waals surface area contributed by atoms with Crippen molar-refractivity contribution < 1.29 is 13.2 Å². The highest BCUT2D eigenvalue weighted by atomic mass is 35.5. The van der Waals surface area contributed by atoms with Crippen LogP contribution in [0, 0.1) is 6.92 Å². The number of carbonyl (C=O) groups is 1. The second-order valence-corrected chi connectivity index (χ2v) is 11.2. The van der Waals surface area contributed by atoms with Crippen molar-refractivity contribution in [3.05, 3.63) is 52.5 Å². The van der Waals surface area contributed by atoms with Gasteiger partial charge in [0, 0.05) is 23.7 Å². The molecule has 0 bridgehead atoms. The van der Waals surface area contributed by atoms with Gasteiger partial charge in [-0.2, -0.15) is 0 Å². The van der Waals surface area contributed by atoms with Crippen LogP contribution in [0.3, 0.4) is 0 Å². The van der Waals surface area contributed by atoms with E-state index in [1.165, 1.54) is 23.5 Å². The SMILES string of the molecule is CCN(CC)CCN(C(=O)c1cccc(S(=O)(=O)CC)c1)c1nc2c(C)cc(Cl)cc2s1. The Balaban J connectivity index is 2.04. The number of sulfone groups is 1. The first-order valence-corrected chi connectivity index (χ1v) is 13.5.